The third-order valence-corrected chi connectivity index (χ3v) is 3.99. The molecule has 0 unspecified atom stereocenters. The smallest absolute Gasteiger partial charge is 0.259 e. The van der Waals surface area contributed by atoms with Crippen LogP contribution in [0.5, 0.6) is 0 Å². The lowest BCUT2D eigenvalue weighted by atomic mass is 10.0. The minimum absolute atomic E-state index is 0.285. The van der Waals surface area contributed by atoms with Gasteiger partial charge in [0.15, 0.2) is 0 Å². The Bertz CT molecular complexity index is 1140. The first-order valence-electron chi connectivity index (χ1n) is 7.70. The van der Waals surface area contributed by atoms with Gasteiger partial charge >= 0.3 is 0 Å². The monoisotopic (exact) mass is 324 g/mol. The third-order valence-electron chi connectivity index (χ3n) is 3.99. The van der Waals surface area contributed by atoms with Crippen LogP contribution in [0.25, 0.3) is 21.7 Å². The summed E-state index contributed by atoms with van der Waals surface area (Å²) in [6.45, 7) is 0. The Labute approximate surface area is 143 Å². The van der Waals surface area contributed by atoms with Gasteiger partial charge in [0.25, 0.3) is 5.91 Å². The van der Waals surface area contributed by atoms with Gasteiger partial charge in [-0.3, -0.25) is 9.78 Å². The highest BCUT2D eigenvalue weighted by Crippen LogP contribution is 2.27. The number of nitrogens with zero attached hydrogens (tertiary/aromatic N) is 3. The standard InChI is InChI=1S/C20H12N4O/c21-11-13-7-8-18(23-12-13)24-20(25)17-10-14-4-1-2-5-15(14)16-6-3-9-22-19(16)17/h1-10,12H,(H,23,24,25). The number of amides is 1. The maximum Gasteiger partial charge on any atom is 0.259 e. The molecule has 5 heteroatoms. The molecule has 0 spiro atoms. The zero-order valence-electron chi connectivity index (χ0n) is 13.1. The molecular weight excluding hydrogens is 312 g/mol. The van der Waals surface area contributed by atoms with Gasteiger partial charge < -0.3 is 5.32 Å². The average Bonchev–Trinajstić information content (AvgIpc) is 2.68. The van der Waals surface area contributed by atoms with E-state index in [2.05, 4.69) is 15.3 Å². The minimum atomic E-state index is -0.285. The van der Waals surface area contributed by atoms with Gasteiger partial charge in [0.1, 0.15) is 11.9 Å². The maximum atomic E-state index is 12.8. The lowest BCUT2D eigenvalue weighted by Gasteiger charge is -2.10. The van der Waals surface area contributed by atoms with Gasteiger partial charge in [-0.1, -0.05) is 30.3 Å². The first kappa shape index (κ1) is 14.8. The molecule has 0 saturated heterocycles. The van der Waals surface area contributed by atoms with Gasteiger partial charge in [-0.15, -0.1) is 0 Å². The van der Waals surface area contributed by atoms with Gasteiger partial charge in [0.05, 0.1) is 16.6 Å². The zero-order valence-corrected chi connectivity index (χ0v) is 13.1. The molecule has 2 heterocycles. The number of benzene rings is 2. The fourth-order valence-corrected chi connectivity index (χ4v) is 2.82. The van der Waals surface area contributed by atoms with Crippen molar-refractivity contribution in [2.24, 2.45) is 0 Å². The van der Waals surface area contributed by atoms with E-state index in [0.29, 0.717) is 22.5 Å². The molecule has 1 N–H and O–H groups in total. The number of fused-ring (bicyclic) bond motifs is 3. The number of carbonyl (C=O) groups excluding carboxylic acids is 1. The number of aromatic nitrogens is 2. The summed E-state index contributed by atoms with van der Waals surface area (Å²) < 4.78 is 0. The second kappa shape index (κ2) is 6.02. The molecule has 0 saturated carbocycles. The van der Waals surface area contributed by atoms with Crippen molar-refractivity contribution >= 4 is 33.4 Å². The van der Waals surface area contributed by atoms with E-state index in [1.54, 1.807) is 18.3 Å². The van der Waals surface area contributed by atoms with Crippen molar-refractivity contribution in [3.05, 3.63) is 78.1 Å². The molecule has 0 aliphatic rings. The van der Waals surface area contributed by atoms with Crippen molar-refractivity contribution in [1.82, 2.24) is 9.97 Å². The minimum Gasteiger partial charge on any atom is -0.306 e. The number of carbonyl (C=O) groups is 1. The summed E-state index contributed by atoms with van der Waals surface area (Å²) in [5.41, 5.74) is 1.57. The second-order valence-corrected chi connectivity index (χ2v) is 5.54. The SMILES string of the molecule is N#Cc1ccc(NC(=O)c2cc3ccccc3c3cccnc23)nc1. The van der Waals surface area contributed by atoms with Gasteiger partial charge in [0.2, 0.25) is 0 Å². The van der Waals surface area contributed by atoms with Crippen LogP contribution in [-0.2, 0) is 0 Å². The van der Waals surface area contributed by atoms with Crippen LogP contribution in [0.2, 0.25) is 0 Å². The van der Waals surface area contributed by atoms with E-state index in [1.807, 2.05) is 48.5 Å². The summed E-state index contributed by atoms with van der Waals surface area (Å²) in [6.07, 6.45) is 3.10. The third kappa shape index (κ3) is 2.66. The Kier molecular flexibility index (Phi) is 3.56. The number of pyridine rings is 2. The summed E-state index contributed by atoms with van der Waals surface area (Å²) in [5.74, 6) is 0.105. The van der Waals surface area contributed by atoms with E-state index in [9.17, 15) is 4.79 Å². The van der Waals surface area contributed by atoms with Gasteiger partial charge in [-0.2, -0.15) is 5.26 Å². The topological polar surface area (TPSA) is 78.7 Å². The molecular formula is C20H12N4O. The quantitative estimate of drug-likeness (QED) is 0.567. The first-order chi connectivity index (χ1) is 12.3. The van der Waals surface area contributed by atoms with E-state index in [4.69, 9.17) is 5.26 Å². The van der Waals surface area contributed by atoms with Crippen LogP contribution in [0.4, 0.5) is 5.82 Å². The highest BCUT2D eigenvalue weighted by molar-refractivity contribution is 6.18. The van der Waals surface area contributed by atoms with Crippen LogP contribution in [0, 0.1) is 11.3 Å². The predicted molar refractivity (Wildman–Crippen MR) is 96.2 cm³/mol. The molecule has 0 atom stereocenters. The van der Waals surface area contributed by atoms with Gasteiger partial charge in [-0.05, 0) is 35.0 Å². The number of rotatable bonds is 2. The first-order valence-corrected chi connectivity index (χ1v) is 7.70. The lowest BCUT2D eigenvalue weighted by molar-refractivity contribution is 0.102. The van der Waals surface area contributed by atoms with E-state index in [0.717, 1.165) is 16.2 Å². The predicted octanol–water partition coefficient (Wildman–Crippen LogP) is 3.91. The maximum absolute atomic E-state index is 12.8. The summed E-state index contributed by atoms with van der Waals surface area (Å²) in [6, 6.07) is 18.8. The Balaban J connectivity index is 1.81. The molecule has 0 radical (unpaired) electrons. The molecule has 2 aromatic heterocycles. The molecule has 1 amide bonds. The number of hydrogen-bond donors (Lipinski definition) is 1. The highest BCUT2D eigenvalue weighted by Gasteiger charge is 2.14. The normalized spacial score (nSPS) is 10.5. The van der Waals surface area contributed by atoms with Crippen molar-refractivity contribution in [3.8, 4) is 6.07 Å². The van der Waals surface area contributed by atoms with Crippen LogP contribution in [0.3, 0.4) is 0 Å². The van der Waals surface area contributed by atoms with Crippen LogP contribution < -0.4 is 5.32 Å². The van der Waals surface area contributed by atoms with E-state index in [1.165, 1.54) is 6.20 Å². The van der Waals surface area contributed by atoms with Crippen LogP contribution >= 0.6 is 0 Å². The fourth-order valence-electron chi connectivity index (χ4n) is 2.82. The van der Waals surface area contributed by atoms with Crippen LogP contribution in [0.1, 0.15) is 15.9 Å². The Morgan fingerprint density at radius 1 is 1.00 bits per heavy atom. The second-order valence-electron chi connectivity index (χ2n) is 5.54. The molecule has 0 fully saturated rings. The lowest BCUT2D eigenvalue weighted by Crippen LogP contribution is -2.14. The average molecular weight is 324 g/mol. The Hall–Kier alpha value is -3.78. The molecule has 2 aromatic carbocycles. The molecule has 0 aliphatic carbocycles. The summed E-state index contributed by atoms with van der Waals surface area (Å²) in [5, 5.41) is 14.5. The van der Waals surface area contributed by atoms with Crippen LogP contribution in [-0.4, -0.2) is 15.9 Å². The van der Waals surface area contributed by atoms with Crippen LogP contribution in [0.15, 0.2) is 67.0 Å². The Morgan fingerprint density at radius 2 is 1.84 bits per heavy atom. The largest absolute Gasteiger partial charge is 0.306 e. The molecule has 118 valence electrons. The van der Waals surface area contributed by atoms with Crippen molar-refractivity contribution in [3.63, 3.8) is 0 Å². The van der Waals surface area contributed by atoms with Crippen molar-refractivity contribution < 1.29 is 4.79 Å². The zero-order chi connectivity index (χ0) is 17.2. The van der Waals surface area contributed by atoms with Crippen molar-refractivity contribution in [2.45, 2.75) is 0 Å². The molecule has 4 aromatic rings. The summed E-state index contributed by atoms with van der Waals surface area (Å²) >= 11 is 0. The van der Waals surface area contributed by atoms with Crippen molar-refractivity contribution in [2.75, 3.05) is 5.32 Å². The molecule has 0 bridgehead atoms. The number of nitriles is 1. The Morgan fingerprint density at radius 3 is 2.64 bits per heavy atom. The number of anilines is 1. The molecule has 5 nitrogen and oxygen atoms in total. The molecule has 4 rings (SSSR count). The highest BCUT2D eigenvalue weighted by atomic mass is 16.1. The van der Waals surface area contributed by atoms with E-state index >= 15 is 0 Å². The number of nitrogens with one attached hydrogen (secondary N) is 1. The summed E-state index contributed by atoms with van der Waals surface area (Å²) in [4.78, 5) is 21.2. The molecule has 25 heavy (non-hydrogen) atoms. The number of hydrogen-bond acceptors (Lipinski definition) is 4. The van der Waals surface area contributed by atoms with E-state index in [-0.39, 0.29) is 5.91 Å². The van der Waals surface area contributed by atoms with Gasteiger partial charge in [-0.25, -0.2) is 4.98 Å². The van der Waals surface area contributed by atoms with E-state index < -0.39 is 0 Å². The molecule has 0 aliphatic heterocycles. The summed E-state index contributed by atoms with van der Waals surface area (Å²) in [7, 11) is 0. The van der Waals surface area contributed by atoms with Gasteiger partial charge in [0, 0.05) is 17.8 Å². The van der Waals surface area contributed by atoms with Crippen molar-refractivity contribution in [1.29, 1.82) is 5.26 Å². The fraction of sp³-hybridized carbons (Fsp3) is 0.